The van der Waals surface area contributed by atoms with E-state index in [1.54, 1.807) is 12.1 Å². The summed E-state index contributed by atoms with van der Waals surface area (Å²) < 4.78 is 0. The molecule has 1 aromatic rings. The molecule has 0 spiro atoms. The lowest BCUT2D eigenvalue weighted by Crippen LogP contribution is -1.91. The van der Waals surface area contributed by atoms with Crippen LogP contribution in [0.3, 0.4) is 0 Å². The Morgan fingerprint density at radius 1 is 1.50 bits per heavy atom. The summed E-state index contributed by atoms with van der Waals surface area (Å²) in [6.07, 6.45) is 1.68. The molecular formula is C11H11ClO2. The lowest BCUT2D eigenvalue weighted by molar-refractivity contribution is -0.135. The van der Waals surface area contributed by atoms with Crippen molar-refractivity contribution in [3.8, 4) is 0 Å². The van der Waals surface area contributed by atoms with Gasteiger partial charge in [0, 0.05) is 5.02 Å². The molecule has 0 bridgehead atoms. The Bertz CT molecular complexity index is 369. The minimum absolute atomic E-state index is 0.0249. The molecule has 1 aromatic carbocycles. The second-order valence-corrected chi connectivity index (χ2v) is 3.37. The number of rotatable bonds is 3. The number of allylic oxidation sites excluding steroid dienone is 1. The van der Waals surface area contributed by atoms with Gasteiger partial charge >= 0.3 is 5.97 Å². The summed E-state index contributed by atoms with van der Waals surface area (Å²) in [5, 5.41) is 9.15. The van der Waals surface area contributed by atoms with Crippen LogP contribution in [0.15, 0.2) is 30.3 Å². The van der Waals surface area contributed by atoms with E-state index in [9.17, 15) is 4.79 Å². The summed E-state index contributed by atoms with van der Waals surface area (Å²) >= 11 is 5.95. The zero-order valence-corrected chi connectivity index (χ0v) is 8.58. The highest BCUT2D eigenvalue weighted by Crippen LogP contribution is 2.23. The van der Waals surface area contributed by atoms with Crippen molar-refractivity contribution in [2.45, 2.75) is 13.3 Å². The van der Waals surface area contributed by atoms with Crippen LogP contribution in [0.1, 0.15) is 18.9 Å². The lowest BCUT2D eigenvalue weighted by Gasteiger charge is -2.03. The molecule has 0 aliphatic heterocycles. The maximum Gasteiger partial charge on any atom is 0.307 e. The first kappa shape index (κ1) is 10.8. The third-order valence-corrected chi connectivity index (χ3v) is 2.21. The summed E-state index contributed by atoms with van der Waals surface area (Å²) in [4.78, 5) is 10.3. The number of halogens is 1. The second kappa shape index (κ2) is 4.82. The average Bonchev–Trinajstić information content (AvgIpc) is 2.15. The maximum atomic E-state index is 10.3. The van der Waals surface area contributed by atoms with E-state index in [4.69, 9.17) is 16.7 Å². The van der Waals surface area contributed by atoms with Gasteiger partial charge < -0.3 is 5.11 Å². The highest BCUT2D eigenvalue weighted by Gasteiger charge is 2.01. The molecule has 1 rings (SSSR count). The number of benzene rings is 1. The quantitative estimate of drug-likeness (QED) is 0.832. The van der Waals surface area contributed by atoms with E-state index in [0.717, 1.165) is 11.1 Å². The molecule has 0 fully saturated rings. The molecule has 0 atom stereocenters. The van der Waals surface area contributed by atoms with Gasteiger partial charge in [0.05, 0.1) is 6.42 Å². The predicted molar refractivity (Wildman–Crippen MR) is 57.4 cm³/mol. The first-order chi connectivity index (χ1) is 6.61. The molecule has 0 radical (unpaired) electrons. The molecule has 0 aliphatic carbocycles. The van der Waals surface area contributed by atoms with Gasteiger partial charge in [-0.1, -0.05) is 35.9 Å². The van der Waals surface area contributed by atoms with E-state index in [2.05, 4.69) is 0 Å². The Kier molecular flexibility index (Phi) is 3.72. The van der Waals surface area contributed by atoms with Gasteiger partial charge in [-0.15, -0.1) is 0 Å². The van der Waals surface area contributed by atoms with Crippen LogP contribution in [0.2, 0.25) is 5.02 Å². The van der Waals surface area contributed by atoms with Crippen molar-refractivity contribution in [3.05, 3.63) is 40.9 Å². The van der Waals surface area contributed by atoms with Gasteiger partial charge in [-0.3, -0.25) is 4.79 Å². The molecular weight excluding hydrogens is 200 g/mol. The van der Waals surface area contributed by atoms with Gasteiger partial charge in [0.25, 0.3) is 0 Å². The van der Waals surface area contributed by atoms with Crippen LogP contribution in [-0.4, -0.2) is 11.1 Å². The molecule has 0 saturated carbocycles. The smallest absolute Gasteiger partial charge is 0.307 e. The van der Waals surface area contributed by atoms with Gasteiger partial charge in [-0.05, 0) is 24.1 Å². The fraction of sp³-hybridized carbons (Fsp3) is 0.182. The monoisotopic (exact) mass is 210 g/mol. The van der Waals surface area contributed by atoms with Gasteiger partial charge in [-0.2, -0.15) is 0 Å². The summed E-state index contributed by atoms with van der Waals surface area (Å²) in [6.45, 7) is 1.85. The summed E-state index contributed by atoms with van der Waals surface area (Å²) in [5.74, 6) is -0.837. The SMILES string of the molecule is C/C(=C\CC(=O)O)c1ccccc1Cl. The minimum atomic E-state index is -0.837. The molecule has 0 heterocycles. The maximum absolute atomic E-state index is 10.3. The standard InChI is InChI=1S/C11H11ClO2/c1-8(6-7-11(13)14)9-4-2-3-5-10(9)12/h2-6H,7H2,1H3,(H,13,14)/b8-6+. The van der Waals surface area contributed by atoms with Gasteiger partial charge in [0.15, 0.2) is 0 Å². The average molecular weight is 211 g/mol. The number of hydrogen-bond donors (Lipinski definition) is 1. The van der Waals surface area contributed by atoms with E-state index in [-0.39, 0.29) is 6.42 Å². The molecule has 14 heavy (non-hydrogen) atoms. The van der Waals surface area contributed by atoms with Crippen LogP contribution < -0.4 is 0 Å². The second-order valence-electron chi connectivity index (χ2n) is 2.96. The van der Waals surface area contributed by atoms with E-state index < -0.39 is 5.97 Å². The molecule has 0 aliphatic rings. The summed E-state index contributed by atoms with van der Waals surface area (Å²) in [6, 6.07) is 7.38. The van der Waals surface area contributed by atoms with Crippen LogP contribution in [-0.2, 0) is 4.79 Å². The first-order valence-corrected chi connectivity index (χ1v) is 4.62. The molecule has 0 aromatic heterocycles. The molecule has 0 amide bonds. The van der Waals surface area contributed by atoms with Crippen LogP contribution in [0.5, 0.6) is 0 Å². The van der Waals surface area contributed by atoms with E-state index in [0.29, 0.717) is 5.02 Å². The lowest BCUT2D eigenvalue weighted by atomic mass is 10.1. The van der Waals surface area contributed by atoms with Crippen molar-refractivity contribution >= 4 is 23.1 Å². The molecule has 1 N–H and O–H groups in total. The van der Waals surface area contributed by atoms with Crippen molar-refractivity contribution in [2.75, 3.05) is 0 Å². The van der Waals surface area contributed by atoms with Crippen LogP contribution in [0, 0.1) is 0 Å². The van der Waals surface area contributed by atoms with Crippen molar-refractivity contribution < 1.29 is 9.90 Å². The third-order valence-electron chi connectivity index (χ3n) is 1.88. The Labute approximate surface area is 87.8 Å². The third kappa shape index (κ3) is 2.89. The Hall–Kier alpha value is -1.28. The molecule has 3 heteroatoms. The summed E-state index contributed by atoms with van der Waals surface area (Å²) in [7, 11) is 0. The van der Waals surface area contributed by atoms with E-state index in [1.165, 1.54) is 0 Å². The molecule has 2 nitrogen and oxygen atoms in total. The summed E-state index contributed by atoms with van der Waals surface area (Å²) in [5.41, 5.74) is 1.77. The number of carbonyl (C=O) groups is 1. The van der Waals surface area contributed by atoms with E-state index >= 15 is 0 Å². The first-order valence-electron chi connectivity index (χ1n) is 4.24. The number of hydrogen-bond acceptors (Lipinski definition) is 1. The minimum Gasteiger partial charge on any atom is -0.481 e. The highest BCUT2D eigenvalue weighted by molar-refractivity contribution is 6.32. The zero-order chi connectivity index (χ0) is 10.6. The molecule has 74 valence electrons. The highest BCUT2D eigenvalue weighted by atomic mass is 35.5. The van der Waals surface area contributed by atoms with Gasteiger partial charge in [0.2, 0.25) is 0 Å². The van der Waals surface area contributed by atoms with Crippen molar-refractivity contribution in [1.29, 1.82) is 0 Å². The van der Waals surface area contributed by atoms with Crippen LogP contribution >= 0.6 is 11.6 Å². The normalized spacial score (nSPS) is 11.4. The van der Waals surface area contributed by atoms with E-state index in [1.807, 2.05) is 25.1 Å². The fourth-order valence-corrected chi connectivity index (χ4v) is 1.42. The molecule has 0 saturated heterocycles. The van der Waals surface area contributed by atoms with Gasteiger partial charge in [0.1, 0.15) is 0 Å². The van der Waals surface area contributed by atoms with Gasteiger partial charge in [-0.25, -0.2) is 0 Å². The number of carboxylic acids is 1. The molecule has 0 unspecified atom stereocenters. The number of carboxylic acid groups (broad SMARTS) is 1. The van der Waals surface area contributed by atoms with Crippen LogP contribution in [0.25, 0.3) is 5.57 Å². The Morgan fingerprint density at radius 3 is 2.71 bits per heavy atom. The zero-order valence-electron chi connectivity index (χ0n) is 7.83. The Balaban J connectivity index is 2.89. The van der Waals surface area contributed by atoms with Crippen molar-refractivity contribution in [3.63, 3.8) is 0 Å². The fourth-order valence-electron chi connectivity index (χ4n) is 1.13. The van der Waals surface area contributed by atoms with Crippen molar-refractivity contribution in [2.24, 2.45) is 0 Å². The Morgan fingerprint density at radius 2 is 2.14 bits per heavy atom. The van der Waals surface area contributed by atoms with Crippen molar-refractivity contribution in [1.82, 2.24) is 0 Å². The largest absolute Gasteiger partial charge is 0.481 e. The predicted octanol–water partition coefficient (Wildman–Crippen LogP) is 3.22. The van der Waals surface area contributed by atoms with Crippen LogP contribution in [0.4, 0.5) is 0 Å². The topological polar surface area (TPSA) is 37.3 Å². The number of aliphatic carboxylic acids is 1.